The molecule has 0 aromatic heterocycles. The van der Waals surface area contributed by atoms with Gasteiger partial charge in [0.2, 0.25) is 5.91 Å². The summed E-state index contributed by atoms with van der Waals surface area (Å²) in [5.41, 5.74) is 5.64. The Morgan fingerprint density at radius 1 is 1.57 bits per heavy atom. The molecule has 0 bridgehead atoms. The molecule has 1 saturated heterocycles. The van der Waals surface area contributed by atoms with Gasteiger partial charge in [0.25, 0.3) is 0 Å². The summed E-state index contributed by atoms with van der Waals surface area (Å²) < 4.78 is 5.28. The van der Waals surface area contributed by atoms with E-state index in [0.29, 0.717) is 6.54 Å². The number of hydrogen-bond donors (Lipinski definition) is 2. The summed E-state index contributed by atoms with van der Waals surface area (Å²) in [6.07, 6.45) is 2.01. The summed E-state index contributed by atoms with van der Waals surface area (Å²) in [6, 6.07) is -0.418. The van der Waals surface area contributed by atoms with Crippen molar-refractivity contribution in [1.82, 2.24) is 5.32 Å². The molecule has 4 heteroatoms. The molecule has 0 spiro atoms. The van der Waals surface area contributed by atoms with Crippen molar-refractivity contribution in [3.63, 3.8) is 0 Å². The maximum atomic E-state index is 11.3. The number of hydrogen-bond acceptors (Lipinski definition) is 3. The van der Waals surface area contributed by atoms with E-state index < -0.39 is 6.04 Å². The van der Waals surface area contributed by atoms with Crippen molar-refractivity contribution >= 4 is 5.91 Å². The minimum Gasteiger partial charge on any atom is -0.381 e. The van der Waals surface area contributed by atoms with Crippen LogP contribution >= 0.6 is 0 Å². The van der Waals surface area contributed by atoms with Gasteiger partial charge >= 0.3 is 0 Å². The average Bonchev–Trinajstić information content (AvgIpc) is 2.15. The van der Waals surface area contributed by atoms with Gasteiger partial charge in [0.15, 0.2) is 0 Å². The van der Waals surface area contributed by atoms with Gasteiger partial charge < -0.3 is 15.8 Å². The molecule has 1 rings (SSSR count). The zero-order valence-electron chi connectivity index (χ0n) is 9.01. The number of carbonyl (C=O) groups is 1. The summed E-state index contributed by atoms with van der Waals surface area (Å²) in [7, 11) is 0. The number of carbonyl (C=O) groups excluding carboxylic acids is 1. The van der Waals surface area contributed by atoms with Crippen molar-refractivity contribution in [2.24, 2.45) is 11.1 Å². The van der Waals surface area contributed by atoms with Crippen molar-refractivity contribution in [1.29, 1.82) is 0 Å². The molecule has 1 heterocycles. The van der Waals surface area contributed by atoms with Crippen LogP contribution < -0.4 is 11.1 Å². The van der Waals surface area contributed by atoms with Crippen LogP contribution in [0.5, 0.6) is 0 Å². The maximum absolute atomic E-state index is 11.3. The largest absolute Gasteiger partial charge is 0.381 e. The Balaban J connectivity index is 2.32. The van der Waals surface area contributed by atoms with Crippen LogP contribution in [-0.2, 0) is 9.53 Å². The van der Waals surface area contributed by atoms with E-state index in [-0.39, 0.29) is 11.3 Å². The number of amides is 1. The molecule has 0 aliphatic carbocycles. The van der Waals surface area contributed by atoms with Crippen molar-refractivity contribution < 1.29 is 9.53 Å². The van der Waals surface area contributed by atoms with Gasteiger partial charge in [0, 0.05) is 19.8 Å². The molecular weight excluding hydrogens is 180 g/mol. The van der Waals surface area contributed by atoms with Crippen LogP contribution in [0.25, 0.3) is 0 Å². The van der Waals surface area contributed by atoms with Crippen LogP contribution in [0.4, 0.5) is 0 Å². The molecule has 3 N–H and O–H groups in total. The lowest BCUT2D eigenvalue weighted by Gasteiger charge is -2.33. The Bertz CT molecular complexity index is 198. The zero-order chi connectivity index (χ0) is 10.6. The van der Waals surface area contributed by atoms with Crippen LogP contribution in [0.1, 0.15) is 26.7 Å². The Labute approximate surface area is 85.2 Å². The van der Waals surface area contributed by atoms with Gasteiger partial charge in [0.1, 0.15) is 0 Å². The van der Waals surface area contributed by atoms with E-state index in [4.69, 9.17) is 10.5 Å². The predicted octanol–water partition coefficient (Wildman–Crippen LogP) is 0.267. The van der Waals surface area contributed by atoms with Crippen molar-refractivity contribution in [3.05, 3.63) is 0 Å². The summed E-state index contributed by atoms with van der Waals surface area (Å²) in [5.74, 6) is -0.0716. The lowest BCUT2D eigenvalue weighted by molar-refractivity contribution is -0.122. The van der Waals surface area contributed by atoms with E-state index in [1.54, 1.807) is 6.92 Å². The standard InChI is InChI=1S/C10H20N2O2/c1-8(11)9(13)12-7-10(2)3-5-14-6-4-10/h8H,3-7,11H2,1-2H3,(H,12,13)/t8-/m1/s1. The SMILES string of the molecule is C[C@@H](N)C(=O)NCC1(C)CCOCC1. The van der Waals surface area contributed by atoms with Crippen molar-refractivity contribution in [3.8, 4) is 0 Å². The third kappa shape index (κ3) is 3.27. The van der Waals surface area contributed by atoms with Crippen molar-refractivity contribution in [2.75, 3.05) is 19.8 Å². The van der Waals surface area contributed by atoms with E-state index in [1.807, 2.05) is 0 Å². The summed E-state index contributed by atoms with van der Waals surface area (Å²) in [4.78, 5) is 11.3. The Kier molecular flexibility index (Phi) is 3.89. The monoisotopic (exact) mass is 200 g/mol. The molecule has 1 fully saturated rings. The second-order valence-corrected chi connectivity index (χ2v) is 4.43. The fraction of sp³-hybridized carbons (Fsp3) is 0.900. The van der Waals surface area contributed by atoms with Crippen LogP contribution in [0.2, 0.25) is 0 Å². The topological polar surface area (TPSA) is 64.4 Å². The Hall–Kier alpha value is -0.610. The maximum Gasteiger partial charge on any atom is 0.236 e. The Morgan fingerprint density at radius 2 is 2.14 bits per heavy atom. The first-order valence-corrected chi connectivity index (χ1v) is 5.15. The highest BCUT2D eigenvalue weighted by atomic mass is 16.5. The predicted molar refractivity (Wildman–Crippen MR) is 54.8 cm³/mol. The molecule has 14 heavy (non-hydrogen) atoms. The van der Waals surface area contributed by atoms with Gasteiger partial charge in [-0.1, -0.05) is 6.92 Å². The van der Waals surface area contributed by atoms with E-state index >= 15 is 0 Å². The zero-order valence-corrected chi connectivity index (χ0v) is 9.01. The summed E-state index contributed by atoms with van der Waals surface area (Å²) in [6.45, 7) is 6.17. The lowest BCUT2D eigenvalue weighted by Crippen LogP contribution is -2.44. The van der Waals surface area contributed by atoms with Gasteiger partial charge in [-0.2, -0.15) is 0 Å². The van der Waals surface area contributed by atoms with Gasteiger partial charge in [-0.3, -0.25) is 4.79 Å². The fourth-order valence-electron chi connectivity index (χ4n) is 1.50. The highest BCUT2D eigenvalue weighted by Gasteiger charge is 2.27. The highest BCUT2D eigenvalue weighted by molar-refractivity contribution is 5.80. The first-order valence-electron chi connectivity index (χ1n) is 5.15. The second kappa shape index (κ2) is 4.75. The molecule has 82 valence electrons. The second-order valence-electron chi connectivity index (χ2n) is 4.43. The normalized spacial score (nSPS) is 22.8. The molecule has 1 aliphatic rings. The average molecular weight is 200 g/mol. The summed E-state index contributed by atoms with van der Waals surface area (Å²) >= 11 is 0. The van der Waals surface area contributed by atoms with Gasteiger partial charge in [0.05, 0.1) is 6.04 Å². The number of nitrogens with two attached hydrogens (primary N) is 1. The minimum atomic E-state index is -0.418. The first kappa shape index (κ1) is 11.5. The molecule has 1 amide bonds. The van der Waals surface area contributed by atoms with E-state index in [1.165, 1.54) is 0 Å². The molecular formula is C10H20N2O2. The molecule has 0 saturated carbocycles. The van der Waals surface area contributed by atoms with Crippen LogP contribution in [-0.4, -0.2) is 31.7 Å². The third-order valence-corrected chi connectivity index (χ3v) is 2.80. The molecule has 0 unspecified atom stereocenters. The number of nitrogens with one attached hydrogen (secondary N) is 1. The van der Waals surface area contributed by atoms with Crippen LogP contribution in [0.3, 0.4) is 0 Å². The van der Waals surface area contributed by atoms with Crippen molar-refractivity contribution in [2.45, 2.75) is 32.7 Å². The van der Waals surface area contributed by atoms with Gasteiger partial charge in [-0.25, -0.2) is 0 Å². The minimum absolute atomic E-state index is 0.0716. The first-order chi connectivity index (χ1) is 6.53. The van der Waals surface area contributed by atoms with E-state index in [2.05, 4.69) is 12.2 Å². The molecule has 1 atom stereocenters. The quantitative estimate of drug-likeness (QED) is 0.687. The molecule has 0 radical (unpaired) electrons. The smallest absolute Gasteiger partial charge is 0.236 e. The molecule has 0 aromatic rings. The number of ether oxygens (including phenoxy) is 1. The lowest BCUT2D eigenvalue weighted by atomic mass is 9.82. The fourth-order valence-corrected chi connectivity index (χ4v) is 1.50. The molecule has 1 aliphatic heterocycles. The van der Waals surface area contributed by atoms with Gasteiger partial charge in [-0.05, 0) is 25.2 Å². The van der Waals surface area contributed by atoms with E-state index in [0.717, 1.165) is 26.1 Å². The third-order valence-electron chi connectivity index (χ3n) is 2.80. The van der Waals surface area contributed by atoms with Crippen LogP contribution in [0.15, 0.2) is 0 Å². The van der Waals surface area contributed by atoms with E-state index in [9.17, 15) is 4.79 Å². The molecule has 4 nitrogen and oxygen atoms in total. The Morgan fingerprint density at radius 3 is 2.64 bits per heavy atom. The van der Waals surface area contributed by atoms with Crippen LogP contribution in [0, 0.1) is 5.41 Å². The van der Waals surface area contributed by atoms with Gasteiger partial charge in [-0.15, -0.1) is 0 Å². The number of rotatable bonds is 3. The highest BCUT2D eigenvalue weighted by Crippen LogP contribution is 2.28. The summed E-state index contributed by atoms with van der Waals surface area (Å²) in [5, 5.41) is 2.87. The molecule has 0 aromatic carbocycles.